The van der Waals surface area contributed by atoms with E-state index in [-0.39, 0.29) is 6.04 Å². The van der Waals surface area contributed by atoms with Gasteiger partial charge in [0.1, 0.15) is 0 Å². The maximum Gasteiger partial charge on any atom is 0.0710 e. The van der Waals surface area contributed by atoms with Gasteiger partial charge < -0.3 is 0 Å². The lowest BCUT2D eigenvalue weighted by molar-refractivity contribution is 0.635. The molecule has 1 atom stereocenters. The highest BCUT2D eigenvalue weighted by molar-refractivity contribution is 5.35. The van der Waals surface area contributed by atoms with Gasteiger partial charge in [-0.2, -0.15) is 0 Å². The monoisotopic (exact) mass is 254 g/mol. The lowest BCUT2D eigenvalue weighted by Crippen LogP contribution is -2.28. The van der Waals surface area contributed by atoms with Gasteiger partial charge in [-0.1, -0.05) is 67.4 Å². The number of hydrogen-bond donors (Lipinski definition) is 2. The van der Waals surface area contributed by atoms with Crippen molar-refractivity contribution < 1.29 is 0 Å². The quantitative estimate of drug-likeness (QED) is 0.633. The SMILES string of the molecule is CCCc1cccc(C(NN)c2cccc(C)c2)c1. The van der Waals surface area contributed by atoms with E-state index in [0.717, 1.165) is 12.8 Å². The van der Waals surface area contributed by atoms with Gasteiger partial charge in [0.25, 0.3) is 0 Å². The summed E-state index contributed by atoms with van der Waals surface area (Å²) in [6.07, 6.45) is 2.27. The molecule has 0 fully saturated rings. The standard InChI is InChI=1S/C17H22N2/c1-3-6-14-8-5-10-16(12-14)17(19-18)15-9-4-7-13(2)11-15/h4-5,7-12,17,19H,3,6,18H2,1-2H3. The van der Waals surface area contributed by atoms with Crippen LogP contribution in [0.4, 0.5) is 0 Å². The van der Waals surface area contributed by atoms with E-state index in [2.05, 4.69) is 67.8 Å². The van der Waals surface area contributed by atoms with Crippen LogP contribution in [0, 0.1) is 6.92 Å². The van der Waals surface area contributed by atoms with Crippen molar-refractivity contribution in [3.05, 3.63) is 70.8 Å². The molecular weight excluding hydrogens is 232 g/mol. The average molecular weight is 254 g/mol. The van der Waals surface area contributed by atoms with Crippen LogP contribution >= 0.6 is 0 Å². The first-order valence-electron chi connectivity index (χ1n) is 6.86. The van der Waals surface area contributed by atoms with Crippen LogP contribution in [-0.4, -0.2) is 0 Å². The van der Waals surface area contributed by atoms with Gasteiger partial charge in [-0.15, -0.1) is 0 Å². The van der Waals surface area contributed by atoms with E-state index < -0.39 is 0 Å². The topological polar surface area (TPSA) is 38.0 Å². The Morgan fingerprint density at radius 2 is 1.74 bits per heavy atom. The van der Waals surface area contributed by atoms with Crippen LogP contribution in [-0.2, 0) is 6.42 Å². The summed E-state index contributed by atoms with van der Waals surface area (Å²) in [6, 6.07) is 17.2. The maximum absolute atomic E-state index is 5.76. The van der Waals surface area contributed by atoms with E-state index in [4.69, 9.17) is 5.84 Å². The maximum atomic E-state index is 5.76. The highest BCUT2D eigenvalue weighted by atomic mass is 15.2. The third-order valence-corrected chi connectivity index (χ3v) is 3.37. The lowest BCUT2D eigenvalue weighted by Gasteiger charge is -2.18. The molecule has 0 aliphatic carbocycles. The molecule has 0 bridgehead atoms. The van der Waals surface area contributed by atoms with Gasteiger partial charge in [-0.25, -0.2) is 5.43 Å². The largest absolute Gasteiger partial charge is 0.271 e. The molecule has 2 rings (SSSR count). The van der Waals surface area contributed by atoms with Crippen LogP contribution in [0.2, 0.25) is 0 Å². The van der Waals surface area contributed by atoms with Crippen molar-refractivity contribution in [3.8, 4) is 0 Å². The fraction of sp³-hybridized carbons (Fsp3) is 0.294. The summed E-state index contributed by atoms with van der Waals surface area (Å²) in [5.74, 6) is 5.76. The molecule has 0 aliphatic heterocycles. The molecule has 0 spiro atoms. The van der Waals surface area contributed by atoms with E-state index in [0.29, 0.717) is 0 Å². The number of nitrogens with two attached hydrogens (primary N) is 1. The van der Waals surface area contributed by atoms with Crippen molar-refractivity contribution in [2.24, 2.45) is 5.84 Å². The number of aryl methyl sites for hydroxylation is 2. The van der Waals surface area contributed by atoms with Crippen molar-refractivity contribution in [2.75, 3.05) is 0 Å². The van der Waals surface area contributed by atoms with E-state index in [1.54, 1.807) is 0 Å². The molecule has 2 nitrogen and oxygen atoms in total. The first-order valence-corrected chi connectivity index (χ1v) is 6.86. The number of rotatable bonds is 5. The molecule has 0 heterocycles. The minimum absolute atomic E-state index is 0.0525. The van der Waals surface area contributed by atoms with Crippen molar-refractivity contribution in [2.45, 2.75) is 32.7 Å². The number of benzene rings is 2. The highest BCUT2D eigenvalue weighted by Crippen LogP contribution is 2.23. The second kappa shape index (κ2) is 6.50. The van der Waals surface area contributed by atoms with E-state index in [9.17, 15) is 0 Å². The van der Waals surface area contributed by atoms with Crippen molar-refractivity contribution in [3.63, 3.8) is 0 Å². The fourth-order valence-corrected chi connectivity index (χ4v) is 2.45. The molecule has 0 saturated carbocycles. The average Bonchev–Trinajstić information content (AvgIpc) is 2.41. The summed E-state index contributed by atoms with van der Waals surface area (Å²) < 4.78 is 0. The van der Waals surface area contributed by atoms with Crippen molar-refractivity contribution in [1.29, 1.82) is 0 Å². The van der Waals surface area contributed by atoms with Gasteiger partial charge in [-0.05, 0) is 30.0 Å². The lowest BCUT2D eigenvalue weighted by atomic mass is 9.96. The number of hydrogen-bond acceptors (Lipinski definition) is 2. The predicted molar refractivity (Wildman–Crippen MR) is 80.8 cm³/mol. The Hall–Kier alpha value is -1.64. The first kappa shape index (κ1) is 13.8. The minimum Gasteiger partial charge on any atom is -0.271 e. The number of nitrogens with one attached hydrogen (secondary N) is 1. The molecule has 3 N–H and O–H groups in total. The smallest absolute Gasteiger partial charge is 0.0710 e. The van der Waals surface area contributed by atoms with E-state index in [1.165, 1.54) is 22.3 Å². The summed E-state index contributed by atoms with van der Waals surface area (Å²) in [4.78, 5) is 0. The molecule has 0 saturated heterocycles. The van der Waals surface area contributed by atoms with Gasteiger partial charge in [0.15, 0.2) is 0 Å². The van der Waals surface area contributed by atoms with E-state index >= 15 is 0 Å². The molecule has 0 aliphatic rings. The van der Waals surface area contributed by atoms with Crippen LogP contribution in [0.1, 0.15) is 41.6 Å². The Kier molecular flexibility index (Phi) is 4.72. The molecular formula is C17H22N2. The normalized spacial score (nSPS) is 12.4. The van der Waals surface area contributed by atoms with Gasteiger partial charge in [-0.3, -0.25) is 5.84 Å². The molecule has 2 aromatic carbocycles. The van der Waals surface area contributed by atoms with Gasteiger partial charge >= 0.3 is 0 Å². The van der Waals surface area contributed by atoms with Crippen LogP contribution < -0.4 is 11.3 Å². The van der Waals surface area contributed by atoms with Crippen LogP contribution in [0.25, 0.3) is 0 Å². The van der Waals surface area contributed by atoms with Crippen LogP contribution in [0.3, 0.4) is 0 Å². The molecule has 1 unspecified atom stereocenters. The van der Waals surface area contributed by atoms with Crippen LogP contribution in [0.15, 0.2) is 48.5 Å². The van der Waals surface area contributed by atoms with E-state index in [1.807, 2.05) is 0 Å². The van der Waals surface area contributed by atoms with Gasteiger partial charge in [0, 0.05) is 0 Å². The summed E-state index contributed by atoms with van der Waals surface area (Å²) in [5, 5.41) is 0. The molecule has 19 heavy (non-hydrogen) atoms. The minimum atomic E-state index is 0.0525. The Bertz CT molecular complexity index is 534. The fourth-order valence-electron chi connectivity index (χ4n) is 2.45. The first-order chi connectivity index (χ1) is 9.24. The zero-order valence-corrected chi connectivity index (χ0v) is 11.7. The zero-order chi connectivity index (χ0) is 13.7. The van der Waals surface area contributed by atoms with Crippen molar-refractivity contribution >= 4 is 0 Å². The number of hydrazine groups is 1. The molecule has 0 amide bonds. The third kappa shape index (κ3) is 3.43. The zero-order valence-electron chi connectivity index (χ0n) is 11.7. The highest BCUT2D eigenvalue weighted by Gasteiger charge is 2.12. The molecule has 100 valence electrons. The third-order valence-electron chi connectivity index (χ3n) is 3.37. The molecule has 2 aromatic rings. The molecule has 0 radical (unpaired) electrons. The summed E-state index contributed by atoms with van der Waals surface area (Å²) in [6.45, 7) is 4.30. The Morgan fingerprint density at radius 1 is 1.05 bits per heavy atom. The summed E-state index contributed by atoms with van der Waals surface area (Å²) >= 11 is 0. The van der Waals surface area contributed by atoms with Crippen molar-refractivity contribution in [1.82, 2.24) is 5.43 Å². The predicted octanol–water partition coefficient (Wildman–Crippen LogP) is 3.50. The summed E-state index contributed by atoms with van der Waals surface area (Å²) in [5.41, 5.74) is 7.98. The Labute approximate surface area is 115 Å². The van der Waals surface area contributed by atoms with Gasteiger partial charge in [0.05, 0.1) is 6.04 Å². The summed E-state index contributed by atoms with van der Waals surface area (Å²) in [7, 11) is 0. The molecule has 0 aromatic heterocycles. The Balaban J connectivity index is 2.33. The van der Waals surface area contributed by atoms with Gasteiger partial charge in [0.2, 0.25) is 0 Å². The second-order valence-corrected chi connectivity index (χ2v) is 5.01. The van der Waals surface area contributed by atoms with Crippen LogP contribution in [0.5, 0.6) is 0 Å². The second-order valence-electron chi connectivity index (χ2n) is 5.01. The molecule has 2 heteroatoms. The Morgan fingerprint density at radius 3 is 2.37 bits per heavy atom.